The maximum absolute atomic E-state index is 11.5. The Hall–Kier alpha value is -1.39. The average molecular weight is 277 g/mol. The third-order valence-electron chi connectivity index (χ3n) is 3.95. The van der Waals surface area contributed by atoms with E-state index in [1.165, 1.54) is 0 Å². The number of hydrogen-bond acceptors (Lipinski definition) is 4. The van der Waals surface area contributed by atoms with Gasteiger partial charge in [-0.25, -0.2) is 0 Å². The van der Waals surface area contributed by atoms with Crippen LogP contribution < -0.4 is 4.74 Å². The summed E-state index contributed by atoms with van der Waals surface area (Å²) in [6.45, 7) is 4.45. The second kappa shape index (κ2) is 6.86. The van der Waals surface area contributed by atoms with Crippen LogP contribution in [-0.2, 0) is 11.3 Å². The van der Waals surface area contributed by atoms with Gasteiger partial charge in [-0.3, -0.25) is 9.69 Å². The molecule has 1 aliphatic rings. The van der Waals surface area contributed by atoms with Gasteiger partial charge in [0.15, 0.2) is 5.78 Å². The number of benzene rings is 1. The lowest BCUT2D eigenvalue weighted by atomic mass is 10.0. The predicted molar refractivity (Wildman–Crippen MR) is 78.3 cm³/mol. The first kappa shape index (κ1) is 15.0. The van der Waals surface area contributed by atoms with Gasteiger partial charge < -0.3 is 9.47 Å². The molecule has 0 aromatic heterocycles. The summed E-state index contributed by atoms with van der Waals surface area (Å²) in [5.41, 5.74) is 1.82. The van der Waals surface area contributed by atoms with Gasteiger partial charge in [-0.05, 0) is 38.0 Å². The molecule has 1 saturated heterocycles. The van der Waals surface area contributed by atoms with Crippen LogP contribution in [0.3, 0.4) is 0 Å². The summed E-state index contributed by atoms with van der Waals surface area (Å²) >= 11 is 0. The Bertz CT molecular complexity index is 465. The molecule has 0 amide bonds. The second-order valence-electron chi connectivity index (χ2n) is 5.29. The molecule has 2 rings (SSSR count). The summed E-state index contributed by atoms with van der Waals surface area (Å²) < 4.78 is 10.8. The number of carbonyl (C=O) groups is 1. The number of Topliss-reactive ketones (excluding diaryl/α,β-unsaturated/α-hetero) is 1. The molecule has 1 fully saturated rings. The number of rotatable bonds is 5. The van der Waals surface area contributed by atoms with E-state index in [1.807, 2.05) is 18.2 Å². The molecule has 0 unspecified atom stereocenters. The monoisotopic (exact) mass is 277 g/mol. The highest BCUT2D eigenvalue weighted by Crippen LogP contribution is 2.24. The van der Waals surface area contributed by atoms with Crippen molar-refractivity contribution < 1.29 is 14.3 Å². The standard InChI is InChI=1S/C16H23NO3/c1-12(18)13-4-5-16(20-3)14(10-13)11-17-8-6-15(19-2)7-9-17/h4-5,10,15H,6-9,11H2,1-3H3. The third-order valence-corrected chi connectivity index (χ3v) is 3.95. The largest absolute Gasteiger partial charge is 0.496 e. The Morgan fingerprint density at radius 1 is 1.30 bits per heavy atom. The van der Waals surface area contributed by atoms with Gasteiger partial charge in [0.1, 0.15) is 5.75 Å². The van der Waals surface area contributed by atoms with Gasteiger partial charge in [0.05, 0.1) is 13.2 Å². The van der Waals surface area contributed by atoms with Crippen LogP contribution in [0.4, 0.5) is 0 Å². The first-order valence-electron chi connectivity index (χ1n) is 7.07. The maximum atomic E-state index is 11.5. The van der Waals surface area contributed by atoms with Crippen molar-refractivity contribution in [2.24, 2.45) is 0 Å². The number of ketones is 1. The van der Waals surface area contributed by atoms with Crippen LogP contribution in [0.15, 0.2) is 18.2 Å². The molecule has 1 aromatic carbocycles. The van der Waals surface area contributed by atoms with Gasteiger partial charge in [-0.15, -0.1) is 0 Å². The second-order valence-corrected chi connectivity index (χ2v) is 5.29. The van der Waals surface area contributed by atoms with Gasteiger partial charge in [0.25, 0.3) is 0 Å². The maximum Gasteiger partial charge on any atom is 0.159 e. The van der Waals surface area contributed by atoms with Crippen molar-refractivity contribution in [2.45, 2.75) is 32.4 Å². The summed E-state index contributed by atoms with van der Waals surface area (Å²) in [5, 5.41) is 0. The molecule has 0 bridgehead atoms. The summed E-state index contributed by atoms with van der Waals surface area (Å²) in [5.74, 6) is 0.941. The molecule has 4 heteroatoms. The van der Waals surface area contributed by atoms with Gasteiger partial charge in [0, 0.05) is 37.9 Å². The minimum absolute atomic E-state index is 0.0898. The van der Waals surface area contributed by atoms with E-state index < -0.39 is 0 Å². The Balaban J connectivity index is 2.08. The summed E-state index contributed by atoms with van der Waals surface area (Å²) in [6.07, 6.45) is 2.51. The number of nitrogens with zero attached hydrogens (tertiary/aromatic N) is 1. The van der Waals surface area contributed by atoms with Gasteiger partial charge in [-0.2, -0.15) is 0 Å². The van der Waals surface area contributed by atoms with E-state index in [0.717, 1.165) is 49.4 Å². The van der Waals surface area contributed by atoms with E-state index in [2.05, 4.69) is 4.90 Å². The van der Waals surface area contributed by atoms with E-state index in [1.54, 1.807) is 21.1 Å². The number of piperidine rings is 1. The Morgan fingerprint density at radius 2 is 2.00 bits per heavy atom. The van der Waals surface area contributed by atoms with E-state index >= 15 is 0 Å². The molecule has 110 valence electrons. The van der Waals surface area contributed by atoms with Crippen molar-refractivity contribution >= 4 is 5.78 Å². The van der Waals surface area contributed by atoms with E-state index in [-0.39, 0.29) is 5.78 Å². The molecular weight excluding hydrogens is 254 g/mol. The summed E-state index contributed by atoms with van der Waals surface area (Å²) in [6, 6.07) is 5.65. The number of ether oxygens (including phenoxy) is 2. The fourth-order valence-corrected chi connectivity index (χ4v) is 2.67. The van der Waals surface area contributed by atoms with Gasteiger partial charge in [-0.1, -0.05) is 0 Å². The Labute approximate surface area is 120 Å². The first-order valence-corrected chi connectivity index (χ1v) is 7.07. The first-order chi connectivity index (χ1) is 9.63. The molecule has 0 aliphatic carbocycles. The highest BCUT2D eigenvalue weighted by atomic mass is 16.5. The zero-order valence-electron chi connectivity index (χ0n) is 12.5. The van der Waals surface area contributed by atoms with Crippen LogP contribution in [0.25, 0.3) is 0 Å². The molecule has 1 aliphatic heterocycles. The quantitative estimate of drug-likeness (QED) is 0.775. The average Bonchev–Trinajstić information content (AvgIpc) is 2.48. The summed E-state index contributed by atoms with van der Waals surface area (Å²) in [4.78, 5) is 13.9. The number of likely N-dealkylation sites (tertiary alicyclic amines) is 1. The lowest BCUT2D eigenvalue weighted by molar-refractivity contribution is 0.0387. The van der Waals surface area contributed by atoms with Crippen molar-refractivity contribution in [1.29, 1.82) is 0 Å². The van der Waals surface area contributed by atoms with Crippen LogP contribution >= 0.6 is 0 Å². The molecule has 0 atom stereocenters. The van der Waals surface area contributed by atoms with Crippen molar-refractivity contribution in [3.8, 4) is 5.75 Å². The van der Waals surface area contributed by atoms with Crippen LogP contribution in [-0.4, -0.2) is 44.1 Å². The summed E-state index contributed by atoms with van der Waals surface area (Å²) in [7, 11) is 3.45. The fraction of sp³-hybridized carbons (Fsp3) is 0.562. The molecule has 0 radical (unpaired) electrons. The predicted octanol–water partition coefficient (Wildman–Crippen LogP) is 2.51. The zero-order chi connectivity index (χ0) is 14.5. The van der Waals surface area contributed by atoms with Crippen LogP contribution in [0.1, 0.15) is 35.7 Å². The Kier molecular flexibility index (Phi) is 5.15. The highest BCUT2D eigenvalue weighted by Gasteiger charge is 2.20. The molecule has 0 spiro atoms. The molecule has 1 heterocycles. The van der Waals surface area contributed by atoms with Gasteiger partial charge >= 0.3 is 0 Å². The minimum Gasteiger partial charge on any atom is -0.496 e. The number of hydrogen-bond donors (Lipinski definition) is 0. The van der Waals surface area contributed by atoms with Gasteiger partial charge in [0.2, 0.25) is 0 Å². The van der Waals surface area contributed by atoms with Crippen LogP contribution in [0.5, 0.6) is 5.75 Å². The van der Waals surface area contributed by atoms with Crippen LogP contribution in [0, 0.1) is 0 Å². The molecule has 0 saturated carbocycles. The lowest BCUT2D eigenvalue weighted by Gasteiger charge is -2.31. The van der Waals surface area contributed by atoms with Crippen LogP contribution in [0.2, 0.25) is 0 Å². The zero-order valence-corrected chi connectivity index (χ0v) is 12.5. The highest BCUT2D eigenvalue weighted by molar-refractivity contribution is 5.94. The SMILES string of the molecule is COc1ccc(C(C)=O)cc1CN1CCC(OC)CC1. The minimum atomic E-state index is 0.0898. The number of carbonyl (C=O) groups excluding carboxylic acids is 1. The molecular formula is C16H23NO3. The smallest absolute Gasteiger partial charge is 0.159 e. The Morgan fingerprint density at radius 3 is 2.55 bits per heavy atom. The van der Waals surface area contributed by atoms with E-state index in [0.29, 0.717) is 6.10 Å². The van der Waals surface area contributed by atoms with Crippen molar-refractivity contribution in [1.82, 2.24) is 4.90 Å². The fourth-order valence-electron chi connectivity index (χ4n) is 2.67. The topological polar surface area (TPSA) is 38.8 Å². The van der Waals surface area contributed by atoms with Crippen molar-refractivity contribution in [3.05, 3.63) is 29.3 Å². The molecule has 1 aromatic rings. The van der Waals surface area contributed by atoms with Crippen molar-refractivity contribution in [2.75, 3.05) is 27.3 Å². The van der Waals surface area contributed by atoms with E-state index in [4.69, 9.17) is 9.47 Å². The molecule has 0 N–H and O–H groups in total. The molecule has 4 nitrogen and oxygen atoms in total. The normalized spacial score (nSPS) is 17.1. The van der Waals surface area contributed by atoms with E-state index in [9.17, 15) is 4.79 Å². The third kappa shape index (κ3) is 3.58. The van der Waals surface area contributed by atoms with Crippen molar-refractivity contribution in [3.63, 3.8) is 0 Å². The lowest BCUT2D eigenvalue weighted by Crippen LogP contribution is -2.36. The molecule has 20 heavy (non-hydrogen) atoms. The number of methoxy groups -OCH3 is 2.